The topological polar surface area (TPSA) is 83.8 Å². The van der Waals surface area contributed by atoms with E-state index in [0.29, 0.717) is 17.9 Å². The number of nitrogens with two attached hydrogens (primary N) is 1. The smallest absolute Gasteiger partial charge is 0.252 e. The van der Waals surface area contributed by atoms with Crippen LogP contribution in [0.2, 0.25) is 0 Å². The van der Waals surface area contributed by atoms with E-state index in [-0.39, 0.29) is 11.5 Å². The van der Waals surface area contributed by atoms with E-state index in [1.54, 1.807) is 0 Å². The highest BCUT2D eigenvalue weighted by molar-refractivity contribution is 5.35. The first-order chi connectivity index (χ1) is 7.54. The number of anilines is 1. The van der Waals surface area contributed by atoms with Gasteiger partial charge in [-0.25, -0.2) is 4.98 Å². The summed E-state index contributed by atoms with van der Waals surface area (Å²) in [4.78, 5) is 18.5. The van der Waals surface area contributed by atoms with E-state index >= 15 is 0 Å². The molecule has 1 fully saturated rings. The zero-order valence-electron chi connectivity index (χ0n) is 9.66. The Morgan fingerprint density at radius 1 is 1.56 bits per heavy atom. The molecule has 0 atom stereocenters. The van der Waals surface area contributed by atoms with Crippen LogP contribution in [0.15, 0.2) is 10.9 Å². The molecule has 4 N–H and O–H groups in total. The van der Waals surface area contributed by atoms with Gasteiger partial charge in [-0.05, 0) is 12.8 Å². The minimum absolute atomic E-state index is 0.107. The van der Waals surface area contributed by atoms with Crippen LogP contribution in [-0.2, 0) is 0 Å². The van der Waals surface area contributed by atoms with E-state index in [1.807, 2.05) is 13.8 Å². The number of aromatic amines is 1. The predicted octanol–water partition coefficient (Wildman–Crippen LogP) is 0.795. The van der Waals surface area contributed by atoms with Crippen molar-refractivity contribution in [3.8, 4) is 0 Å². The Hall–Kier alpha value is -1.36. The largest absolute Gasteiger partial charge is 0.367 e. The molecule has 0 spiro atoms. The number of aromatic nitrogens is 2. The summed E-state index contributed by atoms with van der Waals surface area (Å²) < 4.78 is 0. The molecule has 1 aromatic heterocycles. The molecule has 0 amide bonds. The number of H-pyrrole nitrogens is 1. The molecule has 5 nitrogen and oxygen atoms in total. The number of hydrogen-bond donors (Lipinski definition) is 3. The van der Waals surface area contributed by atoms with Gasteiger partial charge in [0.25, 0.3) is 5.56 Å². The van der Waals surface area contributed by atoms with Crippen LogP contribution < -0.4 is 16.6 Å². The molecule has 1 heterocycles. The maximum atomic E-state index is 11.4. The zero-order chi connectivity index (χ0) is 11.7. The first kappa shape index (κ1) is 11.1. The highest BCUT2D eigenvalue weighted by Crippen LogP contribution is 2.21. The molecule has 1 aliphatic rings. The third kappa shape index (κ3) is 2.41. The van der Waals surface area contributed by atoms with Gasteiger partial charge in [-0.15, -0.1) is 0 Å². The minimum atomic E-state index is -0.107. The predicted molar refractivity (Wildman–Crippen MR) is 63.6 cm³/mol. The van der Waals surface area contributed by atoms with Gasteiger partial charge >= 0.3 is 0 Å². The fourth-order valence-electron chi connectivity index (χ4n) is 1.81. The van der Waals surface area contributed by atoms with Crippen molar-refractivity contribution in [1.82, 2.24) is 9.97 Å². The molecular weight excluding hydrogens is 204 g/mol. The minimum Gasteiger partial charge on any atom is -0.367 e. The summed E-state index contributed by atoms with van der Waals surface area (Å²) in [6, 6.07) is 2.16. The van der Waals surface area contributed by atoms with Crippen molar-refractivity contribution in [3.05, 3.63) is 22.2 Å². The normalized spacial score (nSPS) is 24.2. The van der Waals surface area contributed by atoms with Crippen LogP contribution in [0.5, 0.6) is 0 Å². The van der Waals surface area contributed by atoms with E-state index in [1.165, 1.54) is 6.07 Å². The molecule has 2 rings (SSSR count). The van der Waals surface area contributed by atoms with Gasteiger partial charge in [0.1, 0.15) is 11.6 Å². The summed E-state index contributed by atoms with van der Waals surface area (Å²) in [6.07, 6.45) is 1.90. The first-order valence-corrected chi connectivity index (χ1v) is 5.68. The quantitative estimate of drug-likeness (QED) is 0.706. The van der Waals surface area contributed by atoms with Gasteiger partial charge in [0.05, 0.1) is 0 Å². The Labute approximate surface area is 94.5 Å². The lowest BCUT2D eigenvalue weighted by Gasteiger charge is -2.33. The standard InChI is InChI=1S/C11H18N4O/c1-6(2)11-14-9(5-10(16)15-11)13-8-3-7(12)4-8/h5-8H,3-4,12H2,1-2H3,(H2,13,14,15,16). The van der Waals surface area contributed by atoms with Crippen molar-refractivity contribution in [1.29, 1.82) is 0 Å². The number of nitrogens with zero attached hydrogens (tertiary/aromatic N) is 1. The molecule has 0 saturated heterocycles. The van der Waals surface area contributed by atoms with Crippen LogP contribution in [0.1, 0.15) is 38.4 Å². The van der Waals surface area contributed by atoms with Crippen LogP contribution in [0.3, 0.4) is 0 Å². The summed E-state index contributed by atoms with van der Waals surface area (Å²) >= 11 is 0. The second-order valence-corrected chi connectivity index (χ2v) is 4.74. The molecule has 0 radical (unpaired) electrons. The van der Waals surface area contributed by atoms with Gasteiger partial charge < -0.3 is 16.0 Å². The molecule has 5 heteroatoms. The molecule has 1 saturated carbocycles. The van der Waals surface area contributed by atoms with Crippen molar-refractivity contribution >= 4 is 5.82 Å². The summed E-state index contributed by atoms with van der Waals surface area (Å²) in [6.45, 7) is 4.00. The van der Waals surface area contributed by atoms with Gasteiger partial charge in [0.15, 0.2) is 0 Å². The summed E-state index contributed by atoms with van der Waals surface area (Å²) in [5.41, 5.74) is 5.60. The van der Waals surface area contributed by atoms with Crippen molar-refractivity contribution in [2.75, 3.05) is 5.32 Å². The lowest BCUT2D eigenvalue weighted by atomic mass is 9.88. The Morgan fingerprint density at radius 3 is 2.81 bits per heavy atom. The van der Waals surface area contributed by atoms with E-state index < -0.39 is 0 Å². The molecule has 0 aliphatic heterocycles. The van der Waals surface area contributed by atoms with Gasteiger partial charge in [-0.2, -0.15) is 0 Å². The zero-order valence-corrected chi connectivity index (χ0v) is 9.66. The summed E-state index contributed by atoms with van der Waals surface area (Å²) in [5, 5.41) is 3.23. The number of nitrogens with one attached hydrogen (secondary N) is 2. The molecule has 1 aliphatic carbocycles. The summed E-state index contributed by atoms with van der Waals surface area (Å²) in [5.74, 6) is 1.60. The van der Waals surface area contributed by atoms with E-state index in [9.17, 15) is 4.79 Å². The maximum Gasteiger partial charge on any atom is 0.252 e. The molecule has 0 bridgehead atoms. The molecule has 16 heavy (non-hydrogen) atoms. The monoisotopic (exact) mass is 222 g/mol. The van der Waals surface area contributed by atoms with Crippen molar-refractivity contribution in [2.24, 2.45) is 5.73 Å². The molecule has 0 aromatic carbocycles. The van der Waals surface area contributed by atoms with Gasteiger partial charge in [0.2, 0.25) is 0 Å². The van der Waals surface area contributed by atoms with Crippen LogP contribution in [-0.4, -0.2) is 22.1 Å². The highest BCUT2D eigenvalue weighted by atomic mass is 16.1. The maximum absolute atomic E-state index is 11.4. The molecule has 1 aromatic rings. The third-order valence-electron chi connectivity index (χ3n) is 2.83. The average molecular weight is 222 g/mol. The Morgan fingerprint density at radius 2 is 2.25 bits per heavy atom. The highest BCUT2D eigenvalue weighted by Gasteiger charge is 2.26. The van der Waals surface area contributed by atoms with Gasteiger partial charge in [-0.1, -0.05) is 13.8 Å². The Kier molecular flexibility index (Phi) is 2.96. The van der Waals surface area contributed by atoms with Crippen LogP contribution in [0, 0.1) is 0 Å². The van der Waals surface area contributed by atoms with Crippen LogP contribution >= 0.6 is 0 Å². The second-order valence-electron chi connectivity index (χ2n) is 4.74. The Bertz CT molecular complexity index is 420. The van der Waals surface area contributed by atoms with E-state index in [0.717, 1.165) is 18.7 Å². The lowest BCUT2D eigenvalue weighted by molar-refractivity contribution is 0.373. The fraction of sp³-hybridized carbons (Fsp3) is 0.636. The molecule has 0 unspecified atom stereocenters. The van der Waals surface area contributed by atoms with E-state index in [4.69, 9.17) is 5.73 Å². The van der Waals surface area contributed by atoms with E-state index in [2.05, 4.69) is 15.3 Å². The molecular formula is C11H18N4O. The van der Waals surface area contributed by atoms with Crippen LogP contribution in [0.25, 0.3) is 0 Å². The first-order valence-electron chi connectivity index (χ1n) is 5.68. The number of rotatable bonds is 3. The lowest BCUT2D eigenvalue weighted by Crippen LogP contribution is -2.44. The fourth-order valence-corrected chi connectivity index (χ4v) is 1.81. The SMILES string of the molecule is CC(C)c1nc(NC2CC(N)C2)cc(=O)[nH]1. The average Bonchev–Trinajstić information content (AvgIpc) is 2.14. The summed E-state index contributed by atoms with van der Waals surface area (Å²) in [7, 11) is 0. The molecule has 88 valence electrons. The van der Waals surface area contributed by atoms with Crippen molar-refractivity contribution in [2.45, 2.75) is 44.7 Å². The number of hydrogen-bond acceptors (Lipinski definition) is 4. The van der Waals surface area contributed by atoms with Crippen LogP contribution in [0.4, 0.5) is 5.82 Å². The third-order valence-corrected chi connectivity index (χ3v) is 2.83. The van der Waals surface area contributed by atoms with Gasteiger partial charge in [0, 0.05) is 24.1 Å². The van der Waals surface area contributed by atoms with Crippen molar-refractivity contribution in [3.63, 3.8) is 0 Å². The second kappa shape index (κ2) is 4.25. The van der Waals surface area contributed by atoms with Crippen molar-refractivity contribution < 1.29 is 0 Å². The Balaban J connectivity index is 2.11. The van der Waals surface area contributed by atoms with Gasteiger partial charge in [-0.3, -0.25) is 4.79 Å².